The summed E-state index contributed by atoms with van der Waals surface area (Å²) >= 11 is 0. The van der Waals surface area contributed by atoms with E-state index in [2.05, 4.69) is 17.2 Å². The van der Waals surface area contributed by atoms with Crippen molar-refractivity contribution in [3.63, 3.8) is 0 Å². The third-order valence-electron chi connectivity index (χ3n) is 4.71. The zero-order valence-corrected chi connectivity index (χ0v) is 14.1. The summed E-state index contributed by atoms with van der Waals surface area (Å²) in [5.41, 5.74) is 2.74. The lowest BCUT2D eigenvalue weighted by molar-refractivity contribution is 0.0655. The molecule has 1 fully saturated rings. The SMILES string of the molecule is N#Cc1c(CN(Cc2ccco2)CC2CCCO2)cn2ccccc12. The summed E-state index contributed by atoms with van der Waals surface area (Å²) in [6.07, 6.45) is 8.22. The van der Waals surface area contributed by atoms with Gasteiger partial charge in [0, 0.05) is 37.7 Å². The maximum Gasteiger partial charge on any atom is 0.117 e. The van der Waals surface area contributed by atoms with E-state index in [9.17, 15) is 5.26 Å². The van der Waals surface area contributed by atoms with Gasteiger partial charge in [0.15, 0.2) is 0 Å². The lowest BCUT2D eigenvalue weighted by Gasteiger charge is -2.24. The summed E-state index contributed by atoms with van der Waals surface area (Å²) in [6, 6.07) is 12.2. The second kappa shape index (κ2) is 7.14. The van der Waals surface area contributed by atoms with E-state index in [1.807, 2.05) is 40.9 Å². The number of hydrogen-bond acceptors (Lipinski definition) is 4. The molecule has 1 aliphatic rings. The molecule has 4 rings (SSSR count). The largest absolute Gasteiger partial charge is 0.468 e. The monoisotopic (exact) mass is 335 g/mol. The molecule has 1 saturated heterocycles. The van der Waals surface area contributed by atoms with Gasteiger partial charge < -0.3 is 13.6 Å². The van der Waals surface area contributed by atoms with E-state index >= 15 is 0 Å². The number of hydrogen-bond donors (Lipinski definition) is 0. The van der Waals surface area contributed by atoms with Crippen molar-refractivity contribution in [2.75, 3.05) is 13.2 Å². The standard InChI is InChI=1S/C20H21N3O2/c21-11-19-16(13-23-8-2-1-7-20(19)23)12-22(14-17-5-3-9-24-17)15-18-6-4-10-25-18/h1-3,5,7-9,13,18H,4,6,10,12,14-15H2. The van der Waals surface area contributed by atoms with Crippen molar-refractivity contribution < 1.29 is 9.15 Å². The van der Waals surface area contributed by atoms with Gasteiger partial charge in [-0.3, -0.25) is 4.90 Å². The summed E-state index contributed by atoms with van der Waals surface area (Å²) in [5.74, 6) is 0.931. The minimum atomic E-state index is 0.262. The maximum atomic E-state index is 9.63. The zero-order chi connectivity index (χ0) is 17.1. The molecule has 3 aromatic heterocycles. The first-order valence-electron chi connectivity index (χ1n) is 8.68. The topological polar surface area (TPSA) is 53.8 Å². The van der Waals surface area contributed by atoms with Crippen LogP contribution in [-0.4, -0.2) is 28.6 Å². The second-order valence-corrected chi connectivity index (χ2v) is 6.52. The molecule has 5 nitrogen and oxygen atoms in total. The fraction of sp³-hybridized carbons (Fsp3) is 0.350. The molecule has 0 aliphatic carbocycles. The van der Waals surface area contributed by atoms with E-state index in [1.165, 1.54) is 0 Å². The van der Waals surface area contributed by atoms with Gasteiger partial charge >= 0.3 is 0 Å². The van der Waals surface area contributed by atoms with E-state index in [0.29, 0.717) is 13.1 Å². The van der Waals surface area contributed by atoms with Crippen LogP contribution >= 0.6 is 0 Å². The Morgan fingerprint density at radius 1 is 1.24 bits per heavy atom. The van der Waals surface area contributed by atoms with Gasteiger partial charge in [0.05, 0.1) is 30.0 Å². The number of pyridine rings is 1. The van der Waals surface area contributed by atoms with Crippen molar-refractivity contribution >= 4 is 5.52 Å². The average Bonchev–Trinajstić information content (AvgIpc) is 3.35. The highest BCUT2D eigenvalue weighted by Crippen LogP contribution is 2.22. The van der Waals surface area contributed by atoms with Crippen LogP contribution in [0.25, 0.3) is 5.52 Å². The Bertz CT molecular complexity index is 870. The molecule has 3 aromatic rings. The van der Waals surface area contributed by atoms with Crippen molar-refractivity contribution in [3.8, 4) is 6.07 Å². The van der Waals surface area contributed by atoms with Gasteiger partial charge in [0.1, 0.15) is 11.8 Å². The first kappa shape index (κ1) is 15.9. The Morgan fingerprint density at radius 3 is 2.96 bits per heavy atom. The first-order chi connectivity index (χ1) is 12.3. The molecule has 0 saturated carbocycles. The van der Waals surface area contributed by atoms with Crippen LogP contribution < -0.4 is 0 Å². The number of nitriles is 1. The van der Waals surface area contributed by atoms with Gasteiger partial charge in [-0.15, -0.1) is 0 Å². The number of rotatable bonds is 6. The van der Waals surface area contributed by atoms with Crippen molar-refractivity contribution in [2.45, 2.75) is 32.0 Å². The van der Waals surface area contributed by atoms with Crippen LogP contribution in [0.1, 0.15) is 29.7 Å². The summed E-state index contributed by atoms with van der Waals surface area (Å²) in [6.45, 7) is 3.10. The molecule has 0 amide bonds. The van der Waals surface area contributed by atoms with E-state index in [0.717, 1.165) is 48.4 Å². The normalized spacial score (nSPS) is 17.4. The van der Waals surface area contributed by atoms with Crippen LogP contribution in [0.15, 0.2) is 53.4 Å². The van der Waals surface area contributed by atoms with Crippen molar-refractivity contribution in [2.24, 2.45) is 0 Å². The highest BCUT2D eigenvalue weighted by atomic mass is 16.5. The smallest absolute Gasteiger partial charge is 0.117 e. The van der Waals surface area contributed by atoms with Crippen LogP contribution in [0.3, 0.4) is 0 Å². The van der Waals surface area contributed by atoms with E-state index in [-0.39, 0.29) is 6.10 Å². The molecule has 1 atom stereocenters. The summed E-state index contributed by atoms with van der Waals surface area (Å²) < 4.78 is 13.4. The third-order valence-corrected chi connectivity index (χ3v) is 4.71. The molecule has 5 heteroatoms. The molecule has 128 valence electrons. The van der Waals surface area contributed by atoms with Gasteiger partial charge in [-0.2, -0.15) is 5.26 Å². The van der Waals surface area contributed by atoms with Crippen LogP contribution in [0, 0.1) is 11.3 Å². The third kappa shape index (κ3) is 3.46. The molecule has 0 bridgehead atoms. The van der Waals surface area contributed by atoms with Gasteiger partial charge in [-0.25, -0.2) is 0 Å². The van der Waals surface area contributed by atoms with Crippen molar-refractivity contribution in [1.82, 2.24) is 9.30 Å². The lowest BCUT2D eigenvalue weighted by atomic mass is 10.1. The lowest BCUT2D eigenvalue weighted by Crippen LogP contribution is -2.31. The van der Waals surface area contributed by atoms with Crippen LogP contribution in [0.4, 0.5) is 0 Å². The molecular weight excluding hydrogens is 314 g/mol. The average molecular weight is 335 g/mol. The quantitative estimate of drug-likeness (QED) is 0.691. The molecular formula is C20H21N3O2. The van der Waals surface area contributed by atoms with E-state index in [4.69, 9.17) is 9.15 Å². The molecule has 0 spiro atoms. The van der Waals surface area contributed by atoms with Crippen LogP contribution in [-0.2, 0) is 17.8 Å². The van der Waals surface area contributed by atoms with Crippen LogP contribution in [0.5, 0.6) is 0 Å². The highest BCUT2D eigenvalue weighted by Gasteiger charge is 2.22. The van der Waals surface area contributed by atoms with E-state index in [1.54, 1.807) is 6.26 Å². The Kier molecular flexibility index (Phi) is 4.55. The van der Waals surface area contributed by atoms with Crippen LogP contribution in [0.2, 0.25) is 0 Å². The predicted molar refractivity (Wildman–Crippen MR) is 93.9 cm³/mol. The number of nitrogens with zero attached hydrogens (tertiary/aromatic N) is 3. The fourth-order valence-electron chi connectivity index (χ4n) is 3.55. The Labute approximate surface area is 147 Å². The second-order valence-electron chi connectivity index (χ2n) is 6.52. The molecule has 4 heterocycles. The summed E-state index contributed by atoms with van der Waals surface area (Å²) in [7, 11) is 0. The van der Waals surface area contributed by atoms with Gasteiger partial charge in [-0.1, -0.05) is 6.07 Å². The molecule has 1 unspecified atom stereocenters. The Balaban J connectivity index is 1.60. The molecule has 0 N–H and O–H groups in total. The van der Waals surface area contributed by atoms with Crippen molar-refractivity contribution in [3.05, 3.63) is 65.9 Å². The summed E-state index contributed by atoms with van der Waals surface area (Å²) in [5, 5.41) is 9.63. The number of ether oxygens (including phenoxy) is 1. The zero-order valence-electron chi connectivity index (χ0n) is 14.1. The Hall–Kier alpha value is -2.55. The minimum Gasteiger partial charge on any atom is -0.468 e. The number of furan rings is 1. The first-order valence-corrected chi connectivity index (χ1v) is 8.68. The summed E-state index contributed by atoms with van der Waals surface area (Å²) in [4.78, 5) is 2.31. The van der Waals surface area contributed by atoms with Gasteiger partial charge in [-0.05, 0) is 37.1 Å². The minimum absolute atomic E-state index is 0.262. The van der Waals surface area contributed by atoms with E-state index < -0.39 is 0 Å². The van der Waals surface area contributed by atoms with Crippen molar-refractivity contribution in [1.29, 1.82) is 5.26 Å². The number of fused-ring (bicyclic) bond motifs is 1. The highest BCUT2D eigenvalue weighted by molar-refractivity contribution is 5.65. The molecule has 0 radical (unpaired) electrons. The molecule has 1 aliphatic heterocycles. The molecule has 0 aromatic carbocycles. The fourth-order valence-corrected chi connectivity index (χ4v) is 3.55. The Morgan fingerprint density at radius 2 is 2.20 bits per heavy atom. The predicted octanol–water partition coefficient (Wildman–Crippen LogP) is 3.59. The van der Waals surface area contributed by atoms with Gasteiger partial charge in [0.25, 0.3) is 0 Å². The molecule has 25 heavy (non-hydrogen) atoms. The van der Waals surface area contributed by atoms with Gasteiger partial charge in [0.2, 0.25) is 0 Å². The number of aromatic nitrogens is 1. The maximum absolute atomic E-state index is 9.63.